The molecule has 1 heterocycles. The van der Waals surface area contributed by atoms with E-state index in [2.05, 4.69) is 16.4 Å². The van der Waals surface area contributed by atoms with Crippen molar-refractivity contribution in [2.45, 2.75) is 6.92 Å². The van der Waals surface area contributed by atoms with Crippen LogP contribution in [-0.4, -0.2) is 10.9 Å². The predicted octanol–water partition coefficient (Wildman–Crippen LogP) is 6.56. The van der Waals surface area contributed by atoms with Crippen LogP contribution in [0.2, 0.25) is 5.02 Å². The van der Waals surface area contributed by atoms with Crippen molar-refractivity contribution in [3.05, 3.63) is 93.8 Å². The van der Waals surface area contributed by atoms with Gasteiger partial charge in [-0.05, 0) is 36.8 Å². The molecule has 1 N–H and O–H groups in total. The number of benzene rings is 3. The lowest BCUT2D eigenvalue weighted by Crippen LogP contribution is -2.13. The number of nitrogens with one attached hydrogen (secondary N) is 1. The first-order valence-corrected chi connectivity index (χ1v) is 10.4. The summed E-state index contributed by atoms with van der Waals surface area (Å²) in [7, 11) is 0. The number of hydrogen-bond donors (Lipinski definition) is 1. The molecule has 1 amide bonds. The quantitative estimate of drug-likeness (QED) is 0.399. The molecule has 0 unspecified atom stereocenters. The molecule has 0 saturated heterocycles. The Morgan fingerprint density at radius 2 is 1.67 bits per heavy atom. The maximum Gasteiger partial charge on any atom is 0.258 e. The molecule has 0 bridgehead atoms. The van der Waals surface area contributed by atoms with Crippen molar-refractivity contribution in [2.75, 3.05) is 5.32 Å². The number of amides is 1. The lowest BCUT2D eigenvalue weighted by Gasteiger charge is -2.10. The van der Waals surface area contributed by atoms with Gasteiger partial charge in [0.2, 0.25) is 0 Å². The molecule has 30 heavy (non-hydrogen) atoms. The third-order valence-corrected chi connectivity index (χ3v) is 5.78. The molecule has 0 atom stereocenters. The van der Waals surface area contributed by atoms with Crippen LogP contribution in [0.1, 0.15) is 20.8 Å². The van der Waals surface area contributed by atoms with Crippen LogP contribution in [-0.2, 0) is 0 Å². The summed E-state index contributed by atoms with van der Waals surface area (Å²) in [6, 6.07) is 24.1. The summed E-state index contributed by atoms with van der Waals surface area (Å²) < 4.78 is 0. The molecule has 1 aromatic heterocycles. The van der Waals surface area contributed by atoms with Gasteiger partial charge in [0.15, 0.2) is 5.13 Å². The van der Waals surface area contributed by atoms with Crippen molar-refractivity contribution in [1.82, 2.24) is 4.98 Å². The van der Waals surface area contributed by atoms with Gasteiger partial charge in [-0.2, -0.15) is 5.26 Å². The Kier molecular flexibility index (Phi) is 5.62. The van der Waals surface area contributed by atoms with E-state index in [-0.39, 0.29) is 5.91 Å². The SMILES string of the molecule is Cc1sc(NC(=O)c2ccccc2-c2ccccc2C#N)nc1-c1ccc(Cl)cc1. The summed E-state index contributed by atoms with van der Waals surface area (Å²) in [6.45, 7) is 1.97. The first kappa shape index (κ1) is 19.8. The number of carbonyl (C=O) groups is 1. The van der Waals surface area contributed by atoms with Gasteiger partial charge in [0.05, 0.1) is 17.3 Å². The van der Waals surface area contributed by atoms with Crippen LogP contribution in [0.4, 0.5) is 5.13 Å². The molecular weight excluding hydrogens is 414 g/mol. The van der Waals surface area contributed by atoms with E-state index in [1.807, 2.05) is 55.5 Å². The summed E-state index contributed by atoms with van der Waals surface area (Å²) >= 11 is 7.39. The largest absolute Gasteiger partial charge is 0.298 e. The third kappa shape index (κ3) is 3.97. The van der Waals surface area contributed by atoms with Crippen LogP contribution in [0.25, 0.3) is 22.4 Å². The number of aryl methyl sites for hydroxylation is 1. The van der Waals surface area contributed by atoms with Gasteiger partial charge in [-0.3, -0.25) is 10.1 Å². The Hall–Kier alpha value is -3.46. The zero-order valence-electron chi connectivity index (χ0n) is 16.0. The first-order chi connectivity index (χ1) is 14.6. The molecule has 4 aromatic rings. The van der Waals surface area contributed by atoms with Gasteiger partial charge in [0.1, 0.15) is 0 Å². The van der Waals surface area contributed by atoms with Gasteiger partial charge in [-0.15, -0.1) is 11.3 Å². The van der Waals surface area contributed by atoms with Crippen molar-refractivity contribution in [3.63, 3.8) is 0 Å². The zero-order valence-corrected chi connectivity index (χ0v) is 17.6. The normalized spacial score (nSPS) is 10.4. The van der Waals surface area contributed by atoms with Crippen LogP contribution in [0.15, 0.2) is 72.8 Å². The van der Waals surface area contributed by atoms with Crippen molar-refractivity contribution < 1.29 is 4.79 Å². The standard InChI is InChI=1S/C24H16ClN3OS/c1-15-22(16-10-12-18(25)13-11-16)27-24(30-15)28-23(29)21-9-5-4-8-20(21)19-7-3-2-6-17(19)14-26/h2-13H,1H3,(H,27,28,29). The average Bonchev–Trinajstić information content (AvgIpc) is 3.14. The first-order valence-electron chi connectivity index (χ1n) is 9.20. The molecule has 146 valence electrons. The number of rotatable bonds is 4. The van der Waals surface area contributed by atoms with E-state index in [0.29, 0.717) is 26.8 Å². The summed E-state index contributed by atoms with van der Waals surface area (Å²) in [5.74, 6) is -0.269. The Bertz CT molecular complexity index is 1270. The lowest BCUT2D eigenvalue weighted by molar-refractivity contribution is 0.102. The fourth-order valence-electron chi connectivity index (χ4n) is 3.22. The van der Waals surface area contributed by atoms with E-state index in [0.717, 1.165) is 21.7 Å². The lowest BCUT2D eigenvalue weighted by atomic mass is 9.95. The number of nitriles is 1. The molecule has 0 aliphatic heterocycles. The van der Waals surface area contributed by atoms with Crippen molar-refractivity contribution in [3.8, 4) is 28.5 Å². The number of nitrogens with zero attached hydrogens (tertiary/aromatic N) is 2. The fraction of sp³-hybridized carbons (Fsp3) is 0.0417. The number of carbonyl (C=O) groups excluding carboxylic acids is 1. The van der Waals surface area contributed by atoms with Crippen molar-refractivity contribution in [2.24, 2.45) is 0 Å². The number of halogens is 1. The minimum Gasteiger partial charge on any atom is -0.298 e. The molecule has 4 nitrogen and oxygen atoms in total. The molecule has 0 aliphatic rings. The highest BCUT2D eigenvalue weighted by molar-refractivity contribution is 7.16. The topological polar surface area (TPSA) is 65.8 Å². The maximum atomic E-state index is 13.1. The van der Waals surface area contributed by atoms with Crippen LogP contribution in [0, 0.1) is 18.3 Å². The van der Waals surface area contributed by atoms with E-state index < -0.39 is 0 Å². The Balaban J connectivity index is 1.66. The summed E-state index contributed by atoms with van der Waals surface area (Å²) in [6.07, 6.45) is 0. The van der Waals surface area contributed by atoms with Crippen LogP contribution < -0.4 is 5.32 Å². The monoisotopic (exact) mass is 429 g/mol. The van der Waals surface area contributed by atoms with E-state index in [1.165, 1.54) is 11.3 Å². The fourth-order valence-corrected chi connectivity index (χ4v) is 4.18. The molecule has 6 heteroatoms. The van der Waals surface area contributed by atoms with Gasteiger partial charge in [0.25, 0.3) is 5.91 Å². The van der Waals surface area contributed by atoms with E-state index in [9.17, 15) is 10.1 Å². The Morgan fingerprint density at radius 3 is 2.40 bits per heavy atom. The minimum atomic E-state index is -0.269. The van der Waals surface area contributed by atoms with E-state index >= 15 is 0 Å². The predicted molar refractivity (Wildman–Crippen MR) is 122 cm³/mol. The highest BCUT2D eigenvalue weighted by Crippen LogP contribution is 2.32. The second kappa shape index (κ2) is 8.50. The Labute approximate surface area is 183 Å². The van der Waals surface area contributed by atoms with Gasteiger partial charge >= 0.3 is 0 Å². The third-order valence-electron chi connectivity index (χ3n) is 4.64. The van der Waals surface area contributed by atoms with Gasteiger partial charge in [-0.25, -0.2) is 4.98 Å². The van der Waals surface area contributed by atoms with Crippen LogP contribution >= 0.6 is 22.9 Å². The molecule has 4 rings (SSSR count). The van der Waals surface area contributed by atoms with Gasteiger partial charge < -0.3 is 0 Å². The van der Waals surface area contributed by atoms with Crippen LogP contribution in [0.5, 0.6) is 0 Å². The summed E-state index contributed by atoms with van der Waals surface area (Å²) in [4.78, 5) is 18.7. The van der Waals surface area contributed by atoms with Gasteiger partial charge in [0, 0.05) is 26.6 Å². The summed E-state index contributed by atoms with van der Waals surface area (Å²) in [5, 5.41) is 13.5. The molecule has 3 aromatic carbocycles. The molecule has 0 radical (unpaired) electrons. The maximum absolute atomic E-state index is 13.1. The second-order valence-electron chi connectivity index (χ2n) is 6.59. The summed E-state index contributed by atoms with van der Waals surface area (Å²) in [5.41, 5.74) is 4.20. The van der Waals surface area contributed by atoms with Crippen LogP contribution in [0.3, 0.4) is 0 Å². The zero-order chi connectivity index (χ0) is 21.1. The second-order valence-corrected chi connectivity index (χ2v) is 8.23. The highest BCUT2D eigenvalue weighted by atomic mass is 35.5. The van der Waals surface area contributed by atoms with Crippen molar-refractivity contribution >= 4 is 34.0 Å². The van der Waals surface area contributed by atoms with Gasteiger partial charge in [-0.1, -0.05) is 60.1 Å². The number of aromatic nitrogens is 1. The number of anilines is 1. The smallest absolute Gasteiger partial charge is 0.258 e. The minimum absolute atomic E-state index is 0.269. The van der Waals surface area contributed by atoms with E-state index in [4.69, 9.17) is 11.6 Å². The number of thiazole rings is 1. The highest BCUT2D eigenvalue weighted by Gasteiger charge is 2.17. The van der Waals surface area contributed by atoms with E-state index in [1.54, 1.807) is 24.3 Å². The molecule has 0 fully saturated rings. The van der Waals surface area contributed by atoms with Crippen molar-refractivity contribution in [1.29, 1.82) is 5.26 Å². The number of hydrogen-bond acceptors (Lipinski definition) is 4. The Morgan fingerprint density at radius 1 is 1.00 bits per heavy atom. The molecule has 0 saturated carbocycles. The molecule has 0 aliphatic carbocycles. The average molecular weight is 430 g/mol. The molecular formula is C24H16ClN3OS. The molecule has 0 spiro atoms.